The summed E-state index contributed by atoms with van der Waals surface area (Å²) in [4.78, 5) is 2.53. The summed E-state index contributed by atoms with van der Waals surface area (Å²) in [6.07, 6.45) is 4.68. The third kappa shape index (κ3) is 3.30. The highest BCUT2D eigenvalue weighted by atomic mass is 15.3. The summed E-state index contributed by atoms with van der Waals surface area (Å²) >= 11 is 0. The van der Waals surface area contributed by atoms with Crippen molar-refractivity contribution in [3.05, 3.63) is 18.0 Å². The molecule has 17 heavy (non-hydrogen) atoms. The van der Waals surface area contributed by atoms with Crippen LogP contribution >= 0.6 is 0 Å². The lowest BCUT2D eigenvalue weighted by atomic mass is 9.91. The Balaban J connectivity index is 1.89. The standard InChI is InChI=1S/C13H24N4/c1-11(14-2)12-5-4-7-17(9-12)10-13-6-8-16(3)15-13/h6,8,11-12,14H,4-5,7,9-10H2,1-3H3. The van der Waals surface area contributed by atoms with Gasteiger partial charge in [0.1, 0.15) is 0 Å². The van der Waals surface area contributed by atoms with Crippen LogP contribution in [0.3, 0.4) is 0 Å². The molecule has 96 valence electrons. The van der Waals surface area contributed by atoms with E-state index in [4.69, 9.17) is 0 Å². The molecule has 1 aliphatic rings. The molecule has 0 bridgehead atoms. The summed E-state index contributed by atoms with van der Waals surface area (Å²) in [7, 11) is 4.04. The Morgan fingerprint density at radius 1 is 1.59 bits per heavy atom. The predicted octanol–water partition coefficient (Wildman–Crippen LogP) is 1.24. The second-order valence-corrected chi connectivity index (χ2v) is 5.20. The van der Waals surface area contributed by atoms with Gasteiger partial charge in [0.2, 0.25) is 0 Å². The van der Waals surface area contributed by atoms with Crippen LogP contribution in [-0.4, -0.2) is 40.9 Å². The monoisotopic (exact) mass is 236 g/mol. The summed E-state index contributed by atoms with van der Waals surface area (Å²) in [6, 6.07) is 2.73. The molecule has 1 aliphatic heterocycles. The highest BCUT2D eigenvalue weighted by Gasteiger charge is 2.23. The van der Waals surface area contributed by atoms with E-state index in [1.807, 2.05) is 17.9 Å². The molecule has 4 heteroatoms. The van der Waals surface area contributed by atoms with Gasteiger partial charge in [-0.05, 0) is 45.3 Å². The van der Waals surface area contributed by atoms with Crippen LogP contribution in [0.15, 0.2) is 12.3 Å². The average molecular weight is 236 g/mol. The van der Waals surface area contributed by atoms with Crippen molar-refractivity contribution in [3.8, 4) is 0 Å². The van der Waals surface area contributed by atoms with Crippen molar-refractivity contribution in [3.63, 3.8) is 0 Å². The highest BCUT2D eigenvalue weighted by molar-refractivity contribution is 4.99. The fourth-order valence-electron chi connectivity index (χ4n) is 2.66. The van der Waals surface area contributed by atoms with Crippen molar-refractivity contribution < 1.29 is 0 Å². The van der Waals surface area contributed by atoms with Crippen LogP contribution in [0.2, 0.25) is 0 Å². The fraction of sp³-hybridized carbons (Fsp3) is 0.769. The number of hydrogen-bond donors (Lipinski definition) is 1. The smallest absolute Gasteiger partial charge is 0.0764 e. The molecule has 1 N–H and O–H groups in total. The van der Waals surface area contributed by atoms with Gasteiger partial charge in [0, 0.05) is 32.4 Å². The van der Waals surface area contributed by atoms with E-state index in [1.165, 1.54) is 31.6 Å². The van der Waals surface area contributed by atoms with E-state index < -0.39 is 0 Å². The van der Waals surface area contributed by atoms with Gasteiger partial charge in [0.25, 0.3) is 0 Å². The van der Waals surface area contributed by atoms with E-state index in [9.17, 15) is 0 Å². The first-order valence-electron chi connectivity index (χ1n) is 6.57. The van der Waals surface area contributed by atoms with E-state index in [2.05, 4.69) is 35.4 Å². The Hall–Kier alpha value is -0.870. The number of aryl methyl sites for hydroxylation is 1. The Morgan fingerprint density at radius 2 is 2.41 bits per heavy atom. The molecule has 1 fully saturated rings. The molecule has 1 saturated heterocycles. The van der Waals surface area contributed by atoms with Gasteiger partial charge in [-0.25, -0.2) is 0 Å². The minimum atomic E-state index is 0.613. The van der Waals surface area contributed by atoms with E-state index in [0.29, 0.717) is 6.04 Å². The van der Waals surface area contributed by atoms with Crippen molar-refractivity contribution in [1.82, 2.24) is 20.0 Å². The highest BCUT2D eigenvalue weighted by Crippen LogP contribution is 2.20. The van der Waals surface area contributed by atoms with Crippen LogP contribution < -0.4 is 5.32 Å². The molecule has 2 unspecified atom stereocenters. The van der Waals surface area contributed by atoms with Crippen LogP contribution in [0.4, 0.5) is 0 Å². The lowest BCUT2D eigenvalue weighted by molar-refractivity contribution is 0.145. The molecule has 0 aromatic carbocycles. The summed E-state index contributed by atoms with van der Waals surface area (Å²) in [5.41, 5.74) is 1.19. The van der Waals surface area contributed by atoms with Crippen molar-refractivity contribution in [2.45, 2.75) is 32.4 Å². The third-order valence-electron chi connectivity index (χ3n) is 3.86. The first kappa shape index (κ1) is 12.6. The van der Waals surface area contributed by atoms with Gasteiger partial charge >= 0.3 is 0 Å². The molecular formula is C13H24N4. The van der Waals surface area contributed by atoms with Crippen molar-refractivity contribution in [1.29, 1.82) is 0 Å². The van der Waals surface area contributed by atoms with E-state index in [0.717, 1.165) is 12.5 Å². The SMILES string of the molecule is CNC(C)C1CCCN(Cc2ccn(C)n2)C1. The second-order valence-electron chi connectivity index (χ2n) is 5.20. The van der Waals surface area contributed by atoms with Crippen LogP contribution in [0.25, 0.3) is 0 Å². The molecule has 2 rings (SSSR count). The number of hydrogen-bond acceptors (Lipinski definition) is 3. The van der Waals surface area contributed by atoms with Crippen molar-refractivity contribution >= 4 is 0 Å². The summed E-state index contributed by atoms with van der Waals surface area (Å²) in [6.45, 7) is 5.69. The fourth-order valence-corrected chi connectivity index (χ4v) is 2.66. The van der Waals surface area contributed by atoms with Gasteiger partial charge in [0.15, 0.2) is 0 Å². The van der Waals surface area contributed by atoms with E-state index >= 15 is 0 Å². The Labute approximate surface area is 104 Å². The number of likely N-dealkylation sites (tertiary alicyclic amines) is 1. The first-order valence-corrected chi connectivity index (χ1v) is 6.57. The van der Waals surface area contributed by atoms with E-state index in [1.54, 1.807) is 0 Å². The molecule has 0 amide bonds. The predicted molar refractivity (Wildman–Crippen MR) is 69.7 cm³/mol. The topological polar surface area (TPSA) is 33.1 Å². The molecule has 1 aromatic rings. The zero-order valence-corrected chi connectivity index (χ0v) is 11.2. The normalized spacial score (nSPS) is 23.8. The van der Waals surface area contributed by atoms with Gasteiger partial charge in [-0.3, -0.25) is 9.58 Å². The lowest BCUT2D eigenvalue weighted by Gasteiger charge is -2.35. The first-order chi connectivity index (χ1) is 8.19. The quantitative estimate of drug-likeness (QED) is 0.854. The van der Waals surface area contributed by atoms with Gasteiger partial charge in [-0.2, -0.15) is 5.10 Å². The zero-order chi connectivity index (χ0) is 12.3. The molecule has 4 nitrogen and oxygen atoms in total. The summed E-state index contributed by atoms with van der Waals surface area (Å²) in [5, 5.41) is 7.83. The molecule has 1 aromatic heterocycles. The maximum atomic E-state index is 4.45. The Bertz CT molecular complexity index is 347. The molecule has 0 radical (unpaired) electrons. The summed E-state index contributed by atoms with van der Waals surface area (Å²) in [5.74, 6) is 0.775. The average Bonchev–Trinajstić information content (AvgIpc) is 2.74. The van der Waals surface area contributed by atoms with Gasteiger partial charge in [-0.1, -0.05) is 0 Å². The van der Waals surface area contributed by atoms with Gasteiger partial charge in [-0.15, -0.1) is 0 Å². The number of rotatable bonds is 4. The maximum absolute atomic E-state index is 4.45. The maximum Gasteiger partial charge on any atom is 0.0764 e. The second kappa shape index (κ2) is 5.65. The van der Waals surface area contributed by atoms with Gasteiger partial charge < -0.3 is 5.32 Å². The van der Waals surface area contributed by atoms with Gasteiger partial charge in [0.05, 0.1) is 5.69 Å². The number of nitrogens with zero attached hydrogens (tertiary/aromatic N) is 3. The Morgan fingerprint density at radius 3 is 3.06 bits per heavy atom. The molecule has 0 saturated carbocycles. The van der Waals surface area contributed by atoms with E-state index in [-0.39, 0.29) is 0 Å². The molecular weight excluding hydrogens is 212 g/mol. The minimum absolute atomic E-state index is 0.613. The van der Waals surface area contributed by atoms with Crippen LogP contribution in [0.5, 0.6) is 0 Å². The number of aromatic nitrogens is 2. The zero-order valence-electron chi connectivity index (χ0n) is 11.2. The van der Waals surface area contributed by atoms with Crippen LogP contribution in [-0.2, 0) is 13.6 Å². The van der Waals surface area contributed by atoms with Crippen molar-refractivity contribution in [2.75, 3.05) is 20.1 Å². The lowest BCUT2D eigenvalue weighted by Crippen LogP contribution is -2.43. The molecule has 2 heterocycles. The molecule has 0 spiro atoms. The minimum Gasteiger partial charge on any atom is -0.317 e. The number of nitrogens with one attached hydrogen (secondary N) is 1. The Kier molecular flexibility index (Phi) is 4.18. The largest absolute Gasteiger partial charge is 0.317 e. The molecule has 0 aliphatic carbocycles. The van der Waals surface area contributed by atoms with Crippen molar-refractivity contribution in [2.24, 2.45) is 13.0 Å². The van der Waals surface area contributed by atoms with Crippen LogP contribution in [0, 0.1) is 5.92 Å². The summed E-state index contributed by atoms with van der Waals surface area (Å²) < 4.78 is 1.88. The molecule has 2 atom stereocenters. The third-order valence-corrected chi connectivity index (χ3v) is 3.86. The van der Waals surface area contributed by atoms with Crippen LogP contribution in [0.1, 0.15) is 25.5 Å². The number of piperidine rings is 1.